The average Bonchev–Trinajstić information content (AvgIpc) is 2.38. The molecule has 0 saturated carbocycles. The number of nitrogens with zero attached hydrogens (tertiary/aromatic N) is 2. The van der Waals surface area contributed by atoms with Crippen molar-refractivity contribution < 1.29 is 4.79 Å². The summed E-state index contributed by atoms with van der Waals surface area (Å²) in [6.45, 7) is 10.3. The lowest BCUT2D eigenvalue weighted by atomic mass is 9.99. The van der Waals surface area contributed by atoms with E-state index in [9.17, 15) is 4.79 Å². The molecule has 110 valence electrons. The van der Waals surface area contributed by atoms with Gasteiger partial charge in [0.1, 0.15) is 5.69 Å². The molecule has 1 aliphatic heterocycles. The van der Waals surface area contributed by atoms with E-state index in [2.05, 4.69) is 22.1 Å². The van der Waals surface area contributed by atoms with Crippen molar-refractivity contribution in [2.45, 2.75) is 46.1 Å². The van der Waals surface area contributed by atoms with Gasteiger partial charge in [-0.05, 0) is 51.7 Å². The molecule has 2 heterocycles. The molecule has 1 aliphatic rings. The minimum Gasteiger partial charge on any atom is -0.371 e. The van der Waals surface area contributed by atoms with Crippen LogP contribution in [0.25, 0.3) is 0 Å². The second-order valence-corrected chi connectivity index (χ2v) is 6.77. The van der Waals surface area contributed by atoms with Crippen molar-refractivity contribution >= 4 is 11.6 Å². The molecule has 1 aromatic heterocycles. The van der Waals surface area contributed by atoms with Gasteiger partial charge in [-0.15, -0.1) is 0 Å². The van der Waals surface area contributed by atoms with Crippen molar-refractivity contribution in [3.63, 3.8) is 0 Å². The maximum Gasteiger partial charge on any atom is 0.270 e. The highest BCUT2D eigenvalue weighted by Gasteiger charge is 2.19. The van der Waals surface area contributed by atoms with Crippen molar-refractivity contribution in [3.8, 4) is 0 Å². The summed E-state index contributed by atoms with van der Waals surface area (Å²) < 4.78 is 0. The smallest absolute Gasteiger partial charge is 0.270 e. The SMILES string of the molecule is CC1CCN(c2ccnc(C(=O)NC(C)(C)C)c2)CC1. The van der Waals surface area contributed by atoms with Crippen LogP contribution >= 0.6 is 0 Å². The first kappa shape index (κ1) is 14.8. The van der Waals surface area contributed by atoms with E-state index < -0.39 is 0 Å². The summed E-state index contributed by atoms with van der Waals surface area (Å²) in [6, 6.07) is 3.89. The molecule has 0 unspecified atom stereocenters. The normalized spacial score (nSPS) is 17.1. The van der Waals surface area contributed by atoms with Crippen LogP contribution in [0.15, 0.2) is 18.3 Å². The van der Waals surface area contributed by atoms with Crippen LogP contribution in [-0.4, -0.2) is 29.5 Å². The molecule has 1 saturated heterocycles. The number of aromatic nitrogens is 1. The Balaban J connectivity index is 2.10. The molecule has 0 radical (unpaired) electrons. The van der Waals surface area contributed by atoms with Gasteiger partial charge in [0.25, 0.3) is 5.91 Å². The quantitative estimate of drug-likeness (QED) is 0.902. The summed E-state index contributed by atoms with van der Waals surface area (Å²) in [5.74, 6) is 0.696. The van der Waals surface area contributed by atoms with Crippen molar-refractivity contribution in [1.29, 1.82) is 0 Å². The molecule has 0 bridgehead atoms. The first-order valence-corrected chi connectivity index (χ1v) is 7.39. The first-order valence-electron chi connectivity index (χ1n) is 7.39. The predicted molar refractivity (Wildman–Crippen MR) is 82.1 cm³/mol. The summed E-state index contributed by atoms with van der Waals surface area (Å²) >= 11 is 0. The summed E-state index contributed by atoms with van der Waals surface area (Å²) in [6.07, 6.45) is 4.16. The minimum absolute atomic E-state index is 0.107. The van der Waals surface area contributed by atoms with E-state index in [0.29, 0.717) is 5.69 Å². The fourth-order valence-electron chi connectivity index (χ4n) is 2.41. The van der Waals surface area contributed by atoms with E-state index in [4.69, 9.17) is 0 Å². The Kier molecular flexibility index (Phi) is 4.31. The third-order valence-corrected chi connectivity index (χ3v) is 3.61. The Hall–Kier alpha value is -1.58. The van der Waals surface area contributed by atoms with E-state index in [1.165, 1.54) is 12.8 Å². The van der Waals surface area contributed by atoms with Gasteiger partial charge < -0.3 is 10.2 Å². The van der Waals surface area contributed by atoms with E-state index in [1.54, 1.807) is 6.20 Å². The van der Waals surface area contributed by atoms with Crippen LogP contribution in [0.3, 0.4) is 0 Å². The molecule has 0 aliphatic carbocycles. The lowest BCUT2D eigenvalue weighted by molar-refractivity contribution is 0.0914. The lowest BCUT2D eigenvalue weighted by Gasteiger charge is -2.32. The highest BCUT2D eigenvalue weighted by molar-refractivity contribution is 5.93. The highest BCUT2D eigenvalue weighted by Crippen LogP contribution is 2.23. The van der Waals surface area contributed by atoms with Crippen LogP contribution in [0.2, 0.25) is 0 Å². The number of piperidine rings is 1. The van der Waals surface area contributed by atoms with E-state index in [1.807, 2.05) is 32.9 Å². The number of rotatable bonds is 2. The predicted octanol–water partition coefficient (Wildman–Crippen LogP) is 2.85. The lowest BCUT2D eigenvalue weighted by Crippen LogP contribution is -2.41. The number of carbonyl (C=O) groups excluding carboxylic acids is 1. The second-order valence-electron chi connectivity index (χ2n) is 6.77. The van der Waals surface area contributed by atoms with Crippen LogP contribution in [0.4, 0.5) is 5.69 Å². The molecular weight excluding hydrogens is 250 g/mol. The fourth-order valence-corrected chi connectivity index (χ4v) is 2.41. The number of carbonyl (C=O) groups is 1. The van der Waals surface area contributed by atoms with Gasteiger partial charge in [-0.1, -0.05) is 6.92 Å². The Morgan fingerprint density at radius 1 is 1.35 bits per heavy atom. The number of pyridine rings is 1. The van der Waals surface area contributed by atoms with Crippen molar-refractivity contribution in [3.05, 3.63) is 24.0 Å². The van der Waals surface area contributed by atoms with Crippen LogP contribution in [-0.2, 0) is 0 Å². The van der Waals surface area contributed by atoms with Gasteiger partial charge in [0.15, 0.2) is 0 Å². The molecule has 4 nitrogen and oxygen atoms in total. The summed E-state index contributed by atoms with van der Waals surface area (Å²) in [7, 11) is 0. The molecular formula is C16H25N3O. The standard InChI is InChI=1S/C16H25N3O/c1-12-6-9-19(10-7-12)13-5-8-17-14(11-13)15(20)18-16(2,3)4/h5,8,11-12H,6-7,9-10H2,1-4H3,(H,18,20). The first-order chi connectivity index (χ1) is 9.35. The van der Waals surface area contributed by atoms with Gasteiger partial charge in [0.05, 0.1) is 0 Å². The molecule has 1 amide bonds. The molecule has 4 heteroatoms. The maximum absolute atomic E-state index is 12.2. The number of hydrogen-bond acceptors (Lipinski definition) is 3. The third kappa shape index (κ3) is 3.95. The van der Waals surface area contributed by atoms with Crippen molar-refractivity contribution in [1.82, 2.24) is 10.3 Å². The molecule has 1 fully saturated rings. The molecule has 0 spiro atoms. The van der Waals surface area contributed by atoms with Gasteiger partial charge >= 0.3 is 0 Å². The minimum atomic E-state index is -0.241. The van der Waals surface area contributed by atoms with Crippen LogP contribution in [0, 0.1) is 5.92 Å². The molecule has 1 aromatic rings. The molecule has 0 aromatic carbocycles. The molecule has 0 atom stereocenters. The summed E-state index contributed by atoms with van der Waals surface area (Å²) in [5, 5.41) is 2.95. The highest BCUT2D eigenvalue weighted by atomic mass is 16.2. The zero-order chi connectivity index (χ0) is 14.8. The van der Waals surface area contributed by atoms with E-state index in [-0.39, 0.29) is 11.4 Å². The fraction of sp³-hybridized carbons (Fsp3) is 0.625. The van der Waals surface area contributed by atoms with Crippen LogP contribution in [0.1, 0.15) is 51.0 Å². The van der Waals surface area contributed by atoms with Crippen molar-refractivity contribution in [2.75, 3.05) is 18.0 Å². The van der Waals surface area contributed by atoms with Gasteiger partial charge in [-0.3, -0.25) is 9.78 Å². The van der Waals surface area contributed by atoms with Crippen molar-refractivity contribution in [2.24, 2.45) is 5.92 Å². The summed E-state index contributed by atoms with van der Waals surface area (Å²) in [5.41, 5.74) is 1.36. The maximum atomic E-state index is 12.2. The van der Waals surface area contributed by atoms with Gasteiger partial charge in [0.2, 0.25) is 0 Å². The van der Waals surface area contributed by atoms with Crippen LogP contribution in [0.5, 0.6) is 0 Å². The second kappa shape index (κ2) is 5.81. The van der Waals surface area contributed by atoms with Gasteiger partial charge in [0, 0.05) is 30.5 Å². The monoisotopic (exact) mass is 275 g/mol. The van der Waals surface area contributed by atoms with Gasteiger partial charge in [-0.25, -0.2) is 0 Å². The van der Waals surface area contributed by atoms with Gasteiger partial charge in [-0.2, -0.15) is 0 Å². The number of amides is 1. The van der Waals surface area contributed by atoms with E-state index in [0.717, 1.165) is 24.7 Å². The Morgan fingerprint density at radius 2 is 2.00 bits per heavy atom. The zero-order valence-corrected chi connectivity index (χ0v) is 12.9. The Morgan fingerprint density at radius 3 is 2.60 bits per heavy atom. The zero-order valence-electron chi connectivity index (χ0n) is 12.9. The van der Waals surface area contributed by atoms with Crippen LogP contribution < -0.4 is 10.2 Å². The number of nitrogens with one attached hydrogen (secondary N) is 1. The molecule has 2 rings (SSSR count). The number of anilines is 1. The Labute approximate surface area is 121 Å². The summed E-state index contributed by atoms with van der Waals surface area (Å²) in [4.78, 5) is 18.7. The Bertz CT molecular complexity index is 471. The number of hydrogen-bond donors (Lipinski definition) is 1. The molecule has 1 N–H and O–H groups in total. The van der Waals surface area contributed by atoms with E-state index >= 15 is 0 Å². The topological polar surface area (TPSA) is 45.2 Å². The largest absolute Gasteiger partial charge is 0.371 e. The molecule has 20 heavy (non-hydrogen) atoms. The average molecular weight is 275 g/mol. The third-order valence-electron chi connectivity index (χ3n) is 3.61.